The Labute approximate surface area is 93.3 Å². The number of carboxylic acid groups (broad SMARTS) is 1. The number of ketones is 1. The second-order valence-corrected chi connectivity index (χ2v) is 4.71. The van der Waals surface area contributed by atoms with Crippen molar-refractivity contribution in [1.82, 2.24) is 4.98 Å². The van der Waals surface area contributed by atoms with Crippen LogP contribution in [0.25, 0.3) is 0 Å². The van der Waals surface area contributed by atoms with Gasteiger partial charge >= 0.3 is 5.97 Å². The zero-order chi connectivity index (χ0) is 11.9. The van der Waals surface area contributed by atoms with E-state index in [1.807, 2.05) is 13.8 Å². The molecule has 1 aromatic heterocycles. The summed E-state index contributed by atoms with van der Waals surface area (Å²) in [5, 5.41) is 8.81. The summed E-state index contributed by atoms with van der Waals surface area (Å²) in [6.07, 6.45) is 1.38. The van der Waals surface area contributed by atoms with Gasteiger partial charge in [-0.05, 0) is 25.0 Å². The Hall–Kier alpha value is -1.71. The van der Waals surface area contributed by atoms with Crippen LogP contribution in [0.2, 0.25) is 0 Å². The number of aromatic nitrogens is 1. The smallest absolute Gasteiger partial charge is 0.354 e. The largest absolute Gasteiger partial charge is 0.477 e. The SMILES string of the molecule is CC1(C)CCc2nc(C(=O)O)ccc2C1=O. The van der Waals surface area contributed by atoms with Crippen molar-refractivity contribution in [2.75, 3.05) is 0 Å². The molecule has 0 atom stereocenters. The van der Waals surface area contributed by atoms with Gasteiger partial charge in [-0.1, -0.05) is 13.8 Å². The van der Waals surface area contributed by atoms with Crippen molar-refractivity contribution < 1.29 is 14.7 Å². The van der Waals surface area contributed by atoms with Crippen LogP contribution >= 0.6 is 0 Å². The minimum Gasteiger partial charge on any atom is -0.477 e. The molecule has 0 spiro atoms. The highest BCUT2D eigenvalue weighted by Crippen LogP contribution is 2.33. The first-order chi connectivity index (χ1) is 7.42. The van der Waals surface area contributed by atoms with E-state index in [9.17, 15) is 9.59 Å². The highest BCUT2D eigenvalue weighted by Gasteiger charge is 2.35. The van der Waals surface area contributed by atoms with Gasteiger partial charge in [-0.15, -0.1) is 0 Å². The zero-order valence-electron chi connectivity index (χ0n) is 9.28. The van der Waals surface area contributed by atoms with E-state index < -0.39 is 5.97 Å². The van der Waals surface area contributed by atoms with E-state index in [-0.39, 0.29) is 16.9 Å². The maximum atomic E-state index is 12.0. The van der Waals surface area contributed by atoms with E-state index in [4.69, 9.17) is 5.11 Å². The number of carbonyl (C=O) groups is 2. The molecule has 0 aromatic carbocycles. The predicted molar refractivity (Wildman–Crippen MR) is 57.6 cm³/mol. The summed E-state index contributed by atoms with van der Waals surface area (Å²) in [6.45, 7) is 3.81. The average molecular weight is 219 g/mol. The average Bonchev–Trinajstić information content (AvgIpc) is 2.23. The molecule has 2 rings (SSSR count). The molecule has 1 aromatic rings. The van der Waals surface area contributed by atoms with Gasteiger partial charge in [-0.2, -0.15) is 0 Å². The number of Topliss-reactive ketones (excluding diaryl/α,β-unsaturated/α-hetero) is 1. The molecule has 4 heteroatoms. The molecule has 0 amide bonds. The molecule has 1 aliphatic rings. The van der Waals surface area contributed by atoms with Crippen molar-refractivity contribution in [3.63, 3.8) is 0 Å². The lowest BCUT2D eigenvalue weighted by atomic mass is 9.75. The number of rotatable bonds is 1. The van der Waals surface area contributed by atoms with Gasteiger partial charge in [0.15, 0.2) is 5.78 Å². The number of carboxylic acids is 1. The van der Waals surface area contributed by atoms with E-state index in [1.54, 1.807) is 6.07 Å². The standard InChI is InChI=1S/C12H13NO3/c1-12(2)6-5-8-7(10(12)14)3-4-9(13-8)11(15)16/h3-4H,5-6H2,1-2H3,(H,15,16). The summed E-state index contributed by atoms with van der Waals surface area (Å²) in [7, 11) is 0. The second-order valence-electron chi connectivity index (χ2n) is 4.71. The third kappa shape index (κ3) is 1.60. The molecule has 84 valence electrons. The zero-order valence-corrected chi connectivity index (χ0v) is 9.28. The molecule has 1 N–H and O–H groups in total. The molecule has 0 aliphatic heterocycles. The molecule has 0 bridgehead atoms. The molecule has 1 aliphatic carbocycles. The van der Waals surface area contributed by atoms with E-state index in [1.165, 1.54) is 6.07 Å². The van der Waals surface area contributed by atoms with Gasteiger partial charge in [0.05, 0.1) is 5.69 Å². The first-order valence-electron chi connectivity index (χ1n) is 5.20. The molecular weight excluding hydrogens is 206 g/mol. The maximum Gasteiger partial charge on any atom is 0.354 e. The van der Waals surface area contributed by atoms with Crippen LogP contribution < -0.4 is 0 Å². The normalized spacial score (nSPS) is 18.0. The molecule has 0 unspecified atom stereocenters. The summed E-state index contributed by atoms with van der Waals surface area (Å²) in [6, 6.07) is 2.97. The van der Waals surface area contributed by atoms with Gasteiger partial charge in [-0.25, -0.2) is 9.78 Å². The van der Waals surface area contributed by atoms with Gasteiger partial charge in [0.25, 0.3) is 0 Å². The van der Waals surface area contributed by atoms with Crippen LogP contribution in [-0.4, -0.2) is 21.8 Å². The number of aromatic carboxylic acids is 1. The van der Waals surface area contributed by atoms with Crippen LogP contribution in [0, 0.1) is 5.41 Å². The molecule has 0 fully saturated rings. The molecule has 16 heavy (non-hydrogen) atoms. The van der Waals surface area contributed by atoms with Gasteiger partial charge in [0, 0.05) is 11.0 Å². The van der Waals surface area contributed by atoms with E-state index in [0.29, 0.717) is 17.7 Å². The number of hydrogen-bond donors (Lipinski definition) is 1. The van der Waals surface area contributed by atoms with Crippen LogP contribution in [0.5, 0.6) is 0 Å². The minimum absolute atomic E-state index is 0.00579. The summed E-state index contributed by atoms with van der Waals surface area (Å²) in [4.78, 5) is 26.8. The minimum atomic E-state index is -1.06. The quantitative estimate of drug-likeness (QED) is 0.783. The topological polar surface area (TPSA) is 67.3 Å². The molecule has 0 radical (unpaired) electrons. The van der Waals surface area contributed by atoms with E-state index >= 15 is 0 Å². The Morgan fingerprint density at radius 2 is 2.12 bits per heavy atom. The van der Waals surface area contributed by atoms with Crippen LogP contribution in [0.15, 0.2) is 12.1 Å². The Morgan fingerprint density at radius 1 is 1.44 bits per heavy atom. The maximum absolute atomic E-state index is 12.0. The van der Waals surface area contributed by atoms with Crippen molar-refractivity contribution >= 4 is 11.8 Å². The molecule has 0 saturated carbocycles. The van der Waals surface area contributed by atoms with E-state index in [2.05, 4.69) is 4.98 Å². The first-order valence-corrected chi connectivity index (χ1v) is 5.20. The number of aryl methyl sites for hydroxylation is 1. The van der Waals surface area contributed by atoms with Gasteiger partial charge in [0.1, 0.15) is 5.69 Å². The third-order valence-electron chi connectivity index (χ3n) is 3.04. The van der Waals surface area contributed by atoms with Crippen LogP contribution in [-0.2, 0) is 6.42 Å². The predicted octanol–water partition coefficient (Wildman–Crippen LogP) is 1.93. The van der Waals surface area contributed by atoms with Gasteiger partial charge in [0.2, 0.25) is 0 Å². The lowest BCUT2D eigenvalue weighted by Gasteiger charge is -2.28. The lowest BCUT2D eigenvalue weighted by molar-refractivity contribution is 0.0687. The number of carbonyl (C=O) groups excluding carboxylic acids is 1. The van der Waals surface area contributed by atoms with Crippen LogP contribution in [0.4, 0.5) is 0 Å². The fourth-order valence-electron chi connectivity index (χ4n) is 1.93. The van der Waals surface area contributed by atoms with Crippen molar-refractivity contribution in [3.05, 3.63) is 29.1 Å². The third-order valence-corrected chi connectivity index (χ3v) is 3.04. The summed E-state index contributed by atoms with van der Waals surface area (Å²) >= 11 is 0. The highest BCUT2D eigenvalue weighted by atomic mass is 16.4. The molecular formula is C12H13NO3. The van der Waals surface area contributed by atoms with Crippen LogP contribution in [0.3, 0.4) is 0 Å². The summed E-state index contributed by atoms with van der Waals surface area (Å²) < 4.78 is 0. The molecule has 0 saturated heterocycles. The second kappa shape index (κ2) is 3.40. The number of hydrogen-bond acceptors (Lipinski definition) is 3. The Kier molecular flexibility index (Phi) is 2.30. The van der Waals surface area contributed by atoms with Gasteiger partial charge in [-0.3, -0.25) is 4.79 Å². The first kappa shape index (κ1) is 10.8. The van der Waals surface area contributed by atoms with Crippen molar-refractivity contribution in [2.45, 2.75) is 26.7 Å². The van der Waals surface area contributed by atoms with Crippen LogP contribution in [0.1, 0.15) is 46.8 Å². The van der Waals surface area contributed by atoms with E-state index in [0.717, 1.165) is 6.42 Å². The number of nitrogens with zero attached hydrogens (tertiary/aromatic N) is 1. The molecule has 1 heterocycles. The summed E-state index contributed by atoms with van der Waals surface area (Å²) in [5.41, 5.74) is 0.830. The fraction of sp³-hybridized carbons (Fsp3) is 0.417. The lowest BCUT2D eigenvalue weighted by Crippen LogP contribution is -2.31. The monoisotopic (exact) mass is 219 g/mol. The fourth-order valence-corrected chi connectivity index (χ4v) is 1.93. The van der Waals surface area contributed by atoms with Crippen molar-refractivity contribution in [1.29, 1.82) is 0 Å². The number of pyridine rings is 1. The summed E-state index contributed by atoms with van der Waals surface area (Å²) in [5.74, 6) is -1.00. The van der Waals surface area contributed by atoms with Crippen molar-refractivity contribution in [2.24, 2.45) is 5.41 Å². The Morgan fingerprint density at radius 3 is 2.75 bits per heavy atom. The Bertz CT molecular complexity index is 477. The Balaban J connectivity index is 2.49. The van der Waals surface area contributed by atoms with Gasteiger partial charge < -0.3 is 5.11 Å². The highest BCUT2D eigenvalue weighted by molar-refractivity contribution is 6.02. The van der Waals surface area contributed by atoms with Crippen molar-refractivity contribution in [3.8, 4) is 0 Å². The number of fused-ring (bicyclic) bond motifs is 1. The molecule has 4 nitrogen and oxygen atoms in total.